The van der Waals surface area contributed by atoms with Crippen molar-refractivity contribution >= 4 is 5.91 Å². The summed E-state index contributed by atoms with van der Waals surface area (Å²) in [6, 6.07) is 12.6. The molecule has 2 fully saturated rings. The van der Waals surface area contributed by atoms with E-state index in [2.05, 4.69) is 0 Å². The van der Waals surface area contributed by atoms with E-state index in [0.29, 0.717) is 35.8 Å². The summed E-state index contributed by atoms with van der Waals surface area (Å²) in [6.07, 6.45) is 4.23. The number of hydrogen-bond donors (Lipinski definition) is 1. The zero-order valence-corrected chi connectivity index (χ0v) is 18.5. The maximum absolute atomic E-state index is 13.8. The van der Waals surface area contributed by atoms with Crippen molar-refractivity contribution in [3.63, 3.8) is 0 Å². The Kier molecular flexibility index (Phi) is 6.10. The van der Waals surface area contributed by atoms with Crippen molar-refractivity contribution in [1.82, 2.24) is 4.90 Å². The van der Waals surface area contributed by atoms with Gasteiger partial charge in [0, 0.05) is 18.0 Å². The Bertz CT molecular complexity index is 945. The van der Waals surface area contributed by atoms with Gasteiger partial charge in [0.15, 0.2) is 0 Å². The number of hydrogen-bond acceptors (Lipinski definition) is 5. The van der Waals surface area contributed by atoms with Crippen LogP contribution in [-0.2, 0) is 0 Å². The van der Waals surface area contributed by atoms with E-state index < -0.39 is 5.60 Å². The van der Waals surface area contributed by atoms with Crippen molar-refractivity contribution in [2.24, 2.45) is 5.92 Å². The Morgan fingerprint density at radius 2 is 1.77 bits per heavy atom. The number of carbonyl (C=O) groups excluding carboxylic acids is 1. The van der Waals surface area contributed by atoms with E-state index in [-0.39, 0.29) is 17.9 Å². The highest BCUT2D eigenvalue weighted by atomic mass is 16.5. The van der Waals surface area contributed by atoms with Crippen molar-refractivity contribution in [2.45, 2.75) is 43.7 Å². The Hall–Kier alpha value is -2.73. The van der Waals surface area contributed by atoms with Gasteiger partial charge >= 0.3 is 0 Å². The third-order valence-electron chi connectivity index (χ3n) is 6.92. The van der Waals surface area contributed by atoms with Gasteiger partial charge in [-0.1, -0.05) is 25.0 Å². The predicted molar refractivity (Wildman–Crippen MR) is 118 cm³/mol. The minimum Gasteiger partial charge on any atom is -0.497 e. The number of carbonyl (C=O) groups is 1. The second-order valence-electron chi connectivity index (χ2n) is 8.46. The number of likely N-dealkylation sites (tertiary alicyclic amines) is 1. The molecule has 6 nitrogen and oxygen atoms in total. The average molecular weight is 426 g/mol. The van der Waals surface area contributed by atoms with Crippen molar-refractivity contribution in [2.75, 3.05) is 27.9 Å². The van der Waals surface area contributed by atoms with Gasteiger partial charge in [-0.15, -0.1) is 0 Å². The SMILES string of the molecule is COc1ccc(OC)c([C@@H]2[C@@H]3CCCC[C@]3(O)CCN2C(=O)c2ccccc2OC)c1. The summed E-state index contributed by atoms with van der Waals surface area (Å²) in [5, 5.41) is 11.5. The molecule has 0 bridgehead atoms. The van der Waals surface area contributed by atoms with Crippen LogP contribution in [0.3, 0.4) is 0 Å². The molecular weight excluding hydrogens is 394 g/mol. The van der Waals surface area contributed by atoms with Crippen LogP contribution in [0.4, 0.5) is 0 Å². The first-order valence-corrected chi connectivity index (χ1v) is 10.9. The molecule has 6 heteroatoms. The molecule has 1 saturated carbocycles. The molecule has 2 aromatic carbocycles. The lowest BCUT2D eigenvalue weighted by atomic mass is 9.66. The number of piperidine rings is 1. The molecule has 3 atom stereocenters. The Morgan fingerprint density at radius 1 is 1.00 bits per heavy atom. The Balaban J connectivity index is 1.84. The van der Waals surface area contributed by atoms with Gasteiger partial charge in [-0.25, -0.2) is 0 Å². The maximum atomic E-state index is 13.8. The van der Waals surface area contributed by atoms with Crippen LogP contribution in [0.25, 0.3) is 0 Å². The number of rotatable bonds is 5. The smallest absolute Gasteiger partial charge is 0.258 e. The maximum Gasteiger partial charge on any atom is 0.258 e. The molecule has 166 valence electrons. The van der Waals surface area contributed by atoms with E-state index in [1.165, 1.54) is 0 Å². The van der Waals surface area contributed by atoms with Crippen LogP contribution in [0.15, 0.2) is 42.5 Å². The van der Waals surface area contributed by atoms with Crippen LogP contribution in [0, 0.1) is 5.92 Å². The number of aliphatic hydroxyl groups is 1. The van der Waals surface area contributed by atoms with Crippen LogP contribution >= 0.6 is 0 Å². The number of para-hydroxylation sites is 1. The molecule has 1 aliphatic carbocycles. The van der Waals surface area contributed by atoms with Crippen LogP contribution in [0.2, 0.25) is 0 Å². The highest BCUT2D eigenvalue weighted by molar-refractivity contribution is 5.97. The molecule has 1 amide bonds. The summed E-state index contributed by atoms with van der Waals surface area (Å²) in [5.74, 6) is 1.77. The van der Waals surface area contributed by atoms with Crippen LogP contribution in [0.1, 0.15) is 54.1 Å². The van der Waals surface area contributed by atoms with Crippen molar-refractivity contribution in [3.05, 3.63) is 53.6 Å². The van der Waals surface area contributed by atoms with E-state index >= 15 is 0 Å². The standard InChI is InChI=1S/C25H31NO5/c1-29-17-11-12-22(31-3)19(16-17)23-20-9-6-7-13-25(20,28)14-15-26(23)24(27)18-8-4-5-10-21(18)30-2/h4-5,8,10-12,16,20,23,28H,6-7,9,13-15H2,1-3H3/t20-,23+,25-/m0/s1. The number of benzene rings is 2. The van der Waals surface area contributed by atoms with E-state index in [1.807, 2.05) is 35.2 Å². The number of ether oxygens (including phenoxy) is 3. The van der Waals surface area contributed by atoms with E-state index in [4.69, 9.17) is 14.2 Å². The Morgan fingerprint density at radius 3 is 2.52 bits per heavy atom. The van der Waals surface area contributed by atoms with Gasteiger partial charge < -0.3 is 24.2 Å². The van der Waals surface area contributed by atoms with E-state index in [1.54, 1.807) is 33.5 Å². The lowest BCUT2D eigenvalue weighted by Gasteiger charge is -2.52. The van der Waals surface area contributed by atoms with Crippen molar-refractivity contribution in [1.29, 1.82) is 0 Å². The topological polar surface area (TPSA) is 68.2 Å². The van der Waals surface area contributed by atoms with Crippen LogP contribution in [0.5, 0.6) is 17.2 Å². The fourth-order valence-corrected chi connectivity index (χ4v) is 5.34. The molecule has 0 radical (unpaired) electrons. The molecular formula is C25H31NO5. The number of methoxy groups -OCH3 is 3. The van der Waals surface area contributed by atoms with Gasteiger partial charge in [0.2, 0.25) is 0 Å². The lowest BCUT2D eigenvalue weighted by Crippen LogP contribution is -2.56. The quantitative estimate of drug-likeness (QED) is 0.777. The number of fused-ring (bicyclic) bond motifs is 1. The molecule has 0 spiro atoms. The summed E-state index contributed by atoms with van der Waals surface area (Å²) in [4.78, 5) is 15.7. The minimum atomic E-state index is -0.783. The zero-order chi connectivity index (χ0) is 22.0. The molecule has 1 heterocycles. The molecule has 1 saturated heterocycles. The first-order valence-electron chi connectivity index (χ1n) is 10.9. The molecule has 1 aliphatic heterocycles. The van der Waals surface area contributed by atoms with Gasteiger partial charge in [-0.2, -0.15) is 0 Å². The second kappa shape index (κ2) is 8.79. The van der Waals surface area contributed by atoms with Crippen LogP contribution in [-0.4, -0.2) is 49.4 Å². The summed E-state index contributed by atoms with van der Waals surface area (Å²) < 4.78 is 16.6. The van der Waals surface area contributed by atoms with Gasteiger partial charge in [0.05, 0.1) is 38.5 Å². The summed E-state index contributed by atoms with van der Waals surface area (Å²) >= 11 is 0. The first kappa shape index (κ1) is 21.5. The van der Waals surface area contributed by atoms with Gasteiger partial charge in [0.1, 0.15) is 17.2 Å². The first-order chi connectivity index (χ1) is 15.0. The molecule has 4 rings (SSSR count). The zero-order valence-electron chi connectivity index (χ0n) is 18.5. The summed E-state index contributed by atoms with van der Waals surface area (Å²) in [6.45, 7) is 0.467. The molecule has 31 heavy (non-hydrogen) atoms. The molecule has 2 aromatic rings. The average Bonchev–Trinajstić information content (AvgIpc) is 2.82. The highest BCUT2D eigenvalue weighted by Gasteiger charge is 2.51. The van der Waals surface area contributed by atoms with Gasteiger partial charge in [0.25, 0.3) is 5.91 Å². The third-order valence-corrected chi connectivity index (χ3v) is 6.92. The second-order valence-corrected chi connectivity index (χ2v) is 8.46. The van der Waals surface area contributed by atoms with E-state index in [9.17, 15) is 9.90 Å². The van der Waals surface area contributed by atoms with Gasteiger partial charge in [-0.3, -0.25) is 4.79 Å². The number of amides is 1. The molecule has 0 aromatic heterocycles. The fourth-order valence-electron chi connectivity index (χ4n) is 5.34. The highest BCUT2D eigenvalue weighted by Crippen LogP contribution is 2.51. The monoisotopic (exact) mass is 425 g/mol. The molecule has 1 N–H and O–H groups in total. The Labute approximate surface area is 183 Å². The molecule has 2 aliphatic rings. The largest absolute Gasteiger partial charge is 0.497 e. The van der Waals surface area contributed by atoms with Gasteiger partial charge in [-0.05, 0) is 49.6 Å². The summed E-state index contributed by atoms with van der Waals surface area (Å²) in [7, 11) is 4.83. The van der Waals surface area contributed by atoms with E-state index in [0.717, 1.165) is 31.2 Å². The molecule has 0 unspecified atom stereocenters. The van der Waals surface area contributed by atoms with Crippen molar-refractivity contribution < 1.29 is 24.1 Å². The normalized spacial score (nSPS) is 25.5. The fraction of sp³-hybridized carbons (Fsp3) is 0.480. The number of nitrogens with zero attached hydrogens (tertiary/aromatic N) is 1. The predicted octanol–water partition coefficient (Wildman–Crippen LogP) is 4.22. The third kappa shape index (κ3) is 3.85. The minimum absolute atomic E-state index is 0.0744. The van der Waals surface area contributed by atoms with Crippen molar-refractivity contribution in [3.8, 4) is 17.2 Å². The summed E-state index contributed by atoms with van der Waals surface area (Å²) in [5.41, 5.74) is 0.613. The lowest BCUT2D eigenvalue weighted by molar-refractivity contribution is -0.115. The van der Waals surface area contributed by atoms with Crippen LogP contribution < -0.4 is 14.2 Å².